The van der Waals surface area contributed by atoms with E-state index in [0.717, 1.165) is 43.4 Å². The van der Waals surface area contributed by atoms with Gasteiger partial charge in [-0.2, -0.15) is 0 Å². The SMILES string of the molecule is COC(=O)[C@H](CC1CNc2ccccc21)NCCCC(C)(O[C@H]1O[C@H](COC(C)=O)[C@@H](OC(C)=O)[C@H](OC(C)=O)C1OC(C)=O)C1CC[C@]2(C)[C@@H]1C(OC(C)=O)CC1[C@@]3(C)CC[C@H](OC(C)=O)C(C)(C)C3CC[C@]12C. The Balaban J connectivity index is 1.28. The van der Waals surface area contributed by atoms with E-state index in [2.05, 4.69) is 51.3 Å². The Morgan fingerprint density at radius 1 is 0.747 bits per heavy atom. The van der Waals surface area contributed by atoms with Crippen LogP contribution in [0.4, 0.5) is 5.69 Å². The van der Waals surface area contributed by atoms with E-state index in [4.69, 9.17) is 42.6 Å². The maximum absolute atomic E-state index is 13.5. The lowest BCUT2D eigenvalue weighted by molar-refractivity contribution is -0.339. The largest absolute Gasteiger partial charge is 0.468 e. The van der Waals surface area contributed by atoms with Gasteiger partial charge in [0.25, 0.3) is 0 Å². The van der Waals surface area contributed by atoms with Gasteiger partial charge in [-0.15, -0.1) is 0 Å². The van der Waals surface area contributed by atoms with E-state index in [9.17, 15) is 33.6 Å². The summed E-state index contributed by atoms with van der Waals surface area (Å²) in [5, 5.41) is 6.95. The van der Waals surface area contributed by atoms with E-state index < -0.39 is 90.3 Å². The molecule has 4 aliphatic carbocycles. The highest BCUT2D eigenvalue weighted by atomic mass is 16.7. The third kappa shape index (κ3) is 11.6. The number of methoxy groups -OCH3 is 1. The second kappa shape index (κ2) is 22.6. The molecule has 6 aliphatic rings. The smallest absolute Gasteiger partial charge is 0.322 e. The normalized spacial score (nSPS) is 36.5. The van der Waals surface area contributed by atoms with Crippen LogP contribution >= 0.6 is 0 Å². The Hall–Kier alpha value is -4.81. The predicted octanol–water partition coefficient (Wildman–Crippen LogP) is 7.51. The monoisotopic (exact) mass is 1050 g/mol. The molecule has 17 atom stereocenters. The summed E-state index contributed by atoms with van der Waals surface area (Å²) in [6, 6.07) is 7.43. The number of fused-ring (bicyclic) bond motifs is 6. The van der Waals surface area contributed by atoms with Crippen molar-refractivity contribution in [2.75, 3.05) is 32.1 Å². The zero-order valence-electron chi connectivity index (χ0n) is 46.5. The molecular weight excluding hydrogens is 969 g/mol. The fraction of sp³-hybridized carbons (Fsp3) is 0.772. The number of hydrogen-bond donors (Lipinski definition) is 2. The number of benzene rings is 1. The minimum atomic E-state index is -1.48. The predicted molar refractivity (Wildman–Crippen MR) is 272 cm³/mol. The lowest BCUT2D eigenvalue weighted by Crippen LogP contribution is -2.67. The van der Waals surface area contributed by atoms with Crippen LogP contribution in [0.25, 0.3) is 0 Å². The van der Waals surface area contributed by atoms with E-state index in [0.29, 0.717) is 45.2 Å². The summed E-state index contributed by atoms with van der Waals surface area (Å²) in [5.41, 5.74) is -0.135. The molecule has 7 rings (SSSR count). The fourth-order valence-corrected chi connectivity index (χ4v) is 16.0. The minimum absolute atomic E-state index is 0.0622. The van der Waals surface area contributed by atoms with E-state index in [1.165, 1.54) is 48.7 Å². The topological polar surface area (TPSA) is 227 Å². The lowest BCUT2D eigenvalue weighted by Gasteiger charge is -2.70. The third-order valence-corrected chi connectivity index (χ3v) is 19.2. The van der Waals surface area contributed by atoms with Gasteiger partial charge in [0.05, 0.1) is 12.7 Å². The number of hydrogen-bond acceptors (Lipinski definition) is 18. The fourth-order valence-electron chi connectivity index (χ4n) is 16.0. The highest BCUT2D eigenvalue weighted by Gasteiger charge is 2.73. The summed E-state index contributed by atoms with van der Waals surface area (Å²) in [4.78, 5) is 90.2. The van der Waals surface area contributed by atoms with Crippen LogP contribution in [-0.4, -0.2) is 123 Å². The van der Waals surface area contributed by atoms with Gasteiger partial charge in [-0.05, 0) is 123 Å². The van der Waals surface area contributed by atoms with Crippen LogP contribution in [0.2, 0.25) is 0 Å². The molecule has 7 unspecified atom stereocenters. The van der Waals surface area contributed by atoms with Crippen molar-refractivity contribution >= 4 is 47.5 Å². The highest BCUT2D eigenvalue weighted by molar-refractivity contribution is 5.76. The van der Waals surface area contributed by atoms with Crippen molar-refractivity contribution in [3.8, 4) is 0 Å². The Morgan fingerprint density at radius 3 is 2.01 bits per heavy atom. The van der Waals surface area contributed by atoms with Gasteiger partial charge >= 0.3 is 41.8 Å². The number of esters is 7. The number of rotatable bonds is 18. The first-order chi connectivity index (χ1) is 35.2. The molecule has 18 nitrogen and oxygen atoms in total. The lowest BCUT2D eigenvalue weighted by atomic mass is 9.35. The van der Waals surface area contributed by atoms with E-state index >= 15 is 0 Å². The summed E-state index contributed by atoms with van der Waals surface area (Å²) < 4.78 is 54.9. The van der Waals surface area contributed by atoms with Crippen molar-refractivity contribution in [3.63, 3.8) is 0 Å². The summed E-state index contributed by atoms with van der Waals surface area (Å²) in [6.45, 7) is 21.9. The average Bonchev–Trinajstić information content (AvgIpc) is 3.92. The van der Waals surface area contributed by atoms with Gasteiger partial charge in [0.2, 0.25) is 0 Å². The summed E-state index contributed by atoms with van der Waals surface area (Å²) >= 11 is 0. The molecule has 2 heterocycles. The molecule has 0 bridgehead atoms. The second-order valence-corrected chi connectivity index (χ2v) is 24.0. The van der Waals surface area contributed by atoms with Crippen LogP contribution in [0.3, 0.4) is 0 Å². The number of carbonyl (C=O) groups excluding carboxylic acids is 7. The molecule has 2 N–H and O–H groups in total. The van der Waals surface area contributed by atoms with Crippen LogP contribution in [0.1, 0.15) is 159 Å². The molecule has 418 valence electrons. The molecule has 1 saturated heterocycles. The molecule has 5 fully saturated rings. The van der Waals surface area contributed by atoms with Gasteiger partial charge in [0.1, 0.15) is 31.0 Å². The van der Waals surface area contributed by atoms with Gasteiger partial charge in [0, 0.05) is 71.0 Å². The number of para-hydroxylation sites is 1. The molecule has 1 aromatic carbocycles. The standard InChI is InChI=1S/C57H84N2O16/c1-31(60)68-30-43-48(71-34(4)63)49(72-35(5)64)50(73-36(6)65)52(74-43)75-57(12,22-16-26-58-41(51(66)67-13)27-37-29-59-40-18-15-14-17-38(37)40)39-19-24-56(11)47(39)42(69-32(2)61)28-45-54(9)23-21-46(70-33(3)62)53(7,8)44(54)20-25-55(45,56)10/h14-15,17-18,37,39,41-50,52,58-59H,16,19-30H2,1-13H3/t37?,39?,41-,42?,43+,44?,45?,46-,47-,48+,49-,50?,52+,54-,55+,56+,57?/m0/s1. The number of nitrogens with one attached hydrogen (secondary N) is 2. The summed E-state index contributed by atoms with van der Waals surface area (Å²) in [5.74, 6) is -4.12. The minimum Gasteiger partial charge on any atom is -0.468 e. The Kier molecular flexibility index (Phi) is 17.5. The zero-order valence-corrected chi connectivity index (χ0v) is 46.5. The Bertz CT molecular complexity index is 2310. The molecule has 0 spiro atoms. The van der Waals surface area contributed by atoms with E-state index in [1.54, 1.807) is 0 Å². The molecule has 2 aliphatic heterocycles. The molecule has 0 aromatic heterocycles. The van der Waals surface area contributed by atoms with E-state index in [-0.39, 0.29) is 63.9 Å². The summed E-state index contributed by atoms with van der Waals surface area (Å²) in [7, 11) is 1.38. The maximum Gasteiger partial charge on any atom is 0.322 e. The Labute approximate surface area is 442 Å². The van der Waals surface area contributed by atoms with Crippen LogP contribution in [0.15, 0.2) is 24.3 Å². The second-order valence-electron chi connectivity index (χ2n) is 24.0. The van der Waals surface area contributed by atoms with Crippen LogP contribution in [-0.2, 0) is 76.2 Å². The first kappa shape index (κ1) is 57.9. The van der Waals surface area contributed by atoms with Gasteiger partial charge in [-0.1, -0.05) is 52.8 Å². The summed E-state index contributed by atoms with van der Waals surface area (Å²) in [6.07, 6.45) is -1.05. The van der Waals surface area contributed by atoms with Crippen LogP contribution < -0.4 is 10.6 Å². The molecular formula is C57H84N2O16. The molecule has 0 radical (unpaired) electrons. The molecule has 75 heavy (non-hydrogen) atoms. The third-order valence-electron chi connectivity index (χ3n) is 19.2. The van der Waals surface area contributed by atoms with Gasteiger partial charge in [0.15, 0.2) is 24.6 Å². The first-order valence-corrected chi connectivity index (χ1v) is 27.2. The molecule has 1 aromatic rings. The number of carbonyl (C=O) groups is 7. The van der Waals surface area contributed by atoms with Crippen molar-refractivity contribution < 1.29 is 76.2 Å². The van der Waals surface area contributed by atoms with Crippen molar-refractivity contribution in [1.29, 1.82) is 0 Å². The zero-order chi connectivity index (χ0) is 55.0. The van der Waals surface area contributed by atoms with Crippen LogP contribution in [0.5, 0.6) is 0 Å². The van der Waals surface area contributed by atoms with Gasteiger partial charge < -0.3 is 53.3 Å². The quantitative estimate of drug-likeness (QED) is 0.0823. The molecule has 18 heteroatoms. The highest BCUT2D eigenvalue weighted by Crippen LogP contribution is 2.76. The van der Waals surface area contributed by atoms with Crippen molar-refractivity contribution in [1.82, 2.24) is 5.32 Å². The van der Waals surface area contributed by atoms with Gasteiger partial charge in [-0.25, -0.2) is 0 Å². The van der Waals surface area contributed by atoms with Crippen LogP contribution in [0, 0.1) is 45.3 Å². The van der Waals surface area contributed by atoms with Crippen molar-refractivity contribution in [3.05, 3.63) is 29.8 Å². The Morgan fingerprint density at radius 2 is 1.37 bits per heavy atom. The molecule has 4 saturated carbocycles. The van der Waals surface area contributed by atoms with Crippen molar-refractivity contribution in [2.24, 2.45) is 45.3 Å². The van der Waals surface area contributed by atoms with Crippen molar-refractivity contribution in [2.45, 2.75) is 208 Å². The number of anilines is 1. The molecule has 0 amide bonds. The van der Waals surface area contributed by atoms with Gasteiger partial charge in [-0.3, -0.25) is 33.6 Å². The number of ether oxygens (including phenoxy) is 9. The first-order valence-electron chi connectivity index (χ1n) is 27.2. The van der Waals surface area contributed by atoms with E-state index in [1.807, 2.05) is 25.1 Å². The average molecular weight is 1050 g/mol. The maximum atomic E-state index is 13.5.